The van der Waals surface area contributed by atoms with Gasteiger partial charge in [0, 0.05) is 12.2 Å². The van der Waals surface area contributed by atoms with Crippen molar-refractivity contribution in [3.8, 4) is 0 Å². The fraction of sp³-hybridized carbons (Fsp3) is 0.182. The Bertz CT molecular complexity index is 854. The summed E-state index contributed by atoms with van der Waals surface area (Å²) in [5.74, 6) is 0.344. The highest BCUT2D eigenvalue weighted by molar-refractivity contribution is 6.30. The number of benzene rings is 2. The number of anilines is 1. The van der Waals surface area contributed by atoms with Crippen LogP contribution in [0.15, 0.2) is 79.0 Å². The molecule has 1 aromatic heterocycles. The number of carbonyl (C=O) groups excluding carboxylic acids is 1. The highest BCUT2D eigenvalue weighted by atomic mass is 35.5. The van der Waals surface area contributed by atoms with Gasteiger partial charge in [-0.05, 0) is 36.6 Å². The Balaban J connectivity index is 1.70. The molecule has 0 fully saturated rings. The number of nitrogens with zero attached hydrogens (tertiary/aromatic N) is 1. The number of rotatable bonds is 7. The molecule has 0 bridgehead atoms. The van der Waals surface area contributed by atoms with E-state index in [1.165, 1.54) is 11.8 Å². The van der Waals surface area contributed by atoms with Crippen LogP contribution in [-0.2, 0) is 11.2 Å². The van der Waals surface area contributed by atoms with Gasteiger partial charge in [-0.15, -0.1) is 0 Å². The van der Waals surface area contributed by atoms with Crippen molar-refractivity contribution in [2.24, 2.45) is 0 Å². The molecular weight excluding hydrogens is 358 g/mol. The molecule has 2 unspecified atom stereocenters. The van der Waals surface area contributed by atoms with Gasteiger partial charge in [0.2, 0.25) is 5.91 Å². The van der Waals surface area contributed by atoms with Crippen molar-refractivity contribution in [3.05, 3.63) is 95.1 Å². The van der Waals surface area contributed by atoms with Gasteiger partial charge in [0.05, 0.1) is 11.1 Å². The van der Waals surface area contributed by atoms with Crippen LogP contribution in [0.5, 0.6) is 0 Å². The maximum atomic E-state index is 12.6. The van der Waals surface area contributed by atoms with E-state index in [9.17, 15) is 4.79 Å². The molecule has 0 radical (unpaired) electrons. The van der Waals surface area contributed by atoms with Crippen LogP contribution in [0.4, 0.5) is 5.82 Å². The topological polar surface area (TPSA) is 54.0 Å². The van der Waals surface area contributed by atoms with E-state index in [-0.39, 0.29) is 11.9 Å². The van der Waals surface area contributed by atoms with Crippen molar-refractivity contribution in [2.45, 2.75) is 25.4 Å². The predicted molar refractivity (Wildman–Crippen MR) is 110 cm³/mol. The summed E-state index contributed by atoms with van der Waals surface area (Å²) in [5.41, 5.74) is 2.36. The number of carbonyl (C=O) groups is 1. The summed E-state index contributed by atoms with van der Waals surface area (Å²) >= 11 is 5.84. The number of amides is 1. The van der Waals surface area contributed by atoms with E-state index in [1.54, 1.807) is 12.1 Å². The molecule has 5 heteroatoms. The quantitative estimate of drug-likeness (QED) is 0.629. The first-order chi connectivity index (χ1) is 13.1. The van der Waals surface area contributed by atoms with Gasteiger partial charge < -0.3 is 5.32 Å². The first kappa shape index (κ1) is 19.1. The molecule has 0 aliphatic rings. The Morgan fingerprint density at radius 2 is 1.67 bits per heavy atom. The summed E-state index contributed by atoms with van der Waals surface area (Å²) in [6, 6.07) is 23.4. The Kier molecular flexibility index (Phi) is 6.58. The minimum atomic E-state index is -0.392. The minimum absolute atomic E-state index is 0.0209. The lowest BCUT2D eigenvalue weighted by molar-refractivity contribution is -0.118. The molecule has 0 spiro atoms. The van der Waals surface area contributed by atoms with Crippen molar-refractivity contribution in [2.75, 3.05) is 5.32 Å². The minimum Gasteiger partial charge on any atom is -0.309 e. The second kappa shape index (κ2) is 9.31. The fourth-order valence-corrected chi connectivity index (χ4v) is 2.98. The van der Waals surface area contributed by atoms with E-state index < -0.39 is 6.04 Å². The summed E-state index contributed by atoms with van der Waals surface area (Å²) < 4.78 is 0. The number of hydrogen-bond acceptors (Lipinski definition) is 3. The summed E-state index contributed by atoms with van der Waals surface area (Å²) in [7, 11) is 0. The van der Waals surface area contributed by atoms with Crippen LogP contribution in [0.2, 0.25) is 5.02 Å². The molecule has 138 valence electrons. The molecule has 27 heavy (non-hydrogen) atoms. The highest BCUT2D eigenvalue weighted by Gasteiger charge is 2.20. The van der Waals surface area contributed by atoms with Crippen LogP contribution in [0.25, 0.3) is 0 Å². The molecule has 4 nitrogen and oxygen atoms in total. The smallest absolute Gasteiger partial charge is 0.242 e. The number of nitrogens with one attached hydrogen (secondary N) is 2. The standard InChI is InChI=1S/C22H22ClN3O/c1-16(22(27)26-21-13-12-19(23)15-24-21)25-20(18-10-6-3-7-11-18)14-17-8-4-2-5-9-17/h2-13,15-16,20,25H,14H2,1H3,(H,24,26,27). The highest BCUT2D eigenvalue weighted by Crippen LogP contribution is 2.19. The lowest BCUT2D eigenvalue weighted by Crippen LogP contribution is -2.41. The van der Waals surface area contributed by atoms with Crippen molar-refractivity contribution in [1.29, 1.82) is 0 Å². The van der Waals surface area contributed by atoms with E-state index in [0.29, 0.717) is 10.8 Å². The molecule has 0 aliphatic heterocycles. The Hall–Kier alpha value is -2.69. The molecule has 0 saturated heterocycles. The van der Waals surface area contributed by atoms with Gasteiger partial charge >= 0.3 is 0 Å². The van der Waals surface area contributed by atoms with Crippen molar-refractivity contribution in [3.63, 3.8) is 0 Å². The SMILES string of the molecule is CC(NC(Cc1ccccc1)c1ccccc1)C(=O)Nc1ccc(Cl)cn1. The van der Waals surface area contributed by atoms with Crippen LogP contribution in [-0.4, -0.2) is 16.9 Å². The zero-order chi connectivity index (χ0) is 19.1. The van der Waals surface area contributed by atoms with Crippen LogP contribution < -0.4 is 10.6 Å². The first-order valence-electron chi connectivity index (χ1n) is 8.89. The Morgan fingerprint density at radius 1 is 1.00 bits per heavy atom. The zero-order valence-corrected chi connectivity index (χ0v) is 15.9. The van der Waals surface area contributed by atoms with E-state index in [1.807, 2.05) is 43.3 Å². The van der Waals surface area contributed by atoms with Gasteiger partial charge in [-0.1, -0.05) is 72.3 Å². The normalized spacial score (nSPS) is 13.0. The molecule has 1 amide bonds. The monoisotopic (exact) mass is 379 g/mol. The Morgan fingerprint density at radius 3 is 2.30 bits per heavy atom. The number of halogens is 1. The molecule has 2 atom stereocenters. The van der Waals surface area contributed by atoms with E-state index in [2.05, 4.69) is 39.9 Å². The van der Waals surface area contributed by atoms with Crippen LogP contribution in [0.1, 0.15) is 24.1 Å². The lowest BCUT2D eigenvalue weighted by atomic mass is 9.98. The third-order valence-corrected chi connectivity index (χ3v) is 4.53. The van der Waals surface area contributed by atoms with Crippen LogP contribution in [0.3, 0.4) is 0 Å². The van der Waals surface area contributed by atoms with Crippen LogP contribution >= 0.6 is 11.6 Å². The van der Waals surface area contributed by atoms with Crippen molar-refractivity contribution in [1.82, 2.24) is 10.3 Å². The van der Waals surface area contributed by atoms with Gasteiger partial charge in [-0.3, -0.25) is 10.1 Å². The number of hydrogen-bond donors (Lipinski definition) is 2. The van der Waals surface area contributed by atoms with Gasteiger partial charge in [-0.2, -0.15) is 0 Å². The van der Waals surface area contributed by atoms with E-state index in [4.69, 9.17) is 11.6 Å². The number of pyridine rings is 1. The molecule has 1 heterocycles. The van der Waals surface area contributed by atoms with Crippen molar-refractivity contribution >= 4 is 23.3 Å². The van der Waals surface area contributed by atoms with Gasteiger partial charge in [0.1, 0.15) is 5.82 Å². The molecular formula is C22H22ClN3O. The number of aromatic nitrogens is 1. The largest absolute Gasteiger partial charge is 0.309 e. The first-order valence-corrected chi connectivity index (χ1v) is 9.27. The van der Waals surface area contributed by atoms with Gasteiger partial charge in [-0.25, -0.2) is 4.98 Å². The zero-order valence-electron chi connectivity index (χ0n) is 15.1. The average molecular weight is 380 g/mol. The molecule has 0 aliphatic carbocycles. The van der Waals surface area contributed by atoms with Gasteiger partial charge in [0.25, 0.3) is 0 Å². The fourth-order valence-electron chi connectivity index (χ4n) is 2.87. The van der Waals surface area contributed by atoms with E-state index >= 15 is 0 Å². The Labute approximate surface area is 164 Å². The summed E-state index contributed by atoms with van der Waals surface area (Å²) in [5, 5.41) is 6.80. The second-order valence-electron chi connectivity index (χ2n) is 6.39. The molecule has 3 aromatic rings. The van der Waals surface area contributed by atoms with Crippen LogP contribution in [0, 0.1) is 0 Å². The van der Waals surface area contributed by atoms with E-state index in [0.717, 1.165) is 12.0 Å². The maximum Gasteiger partial charge on any atom is 0.242 e. The summed E-state index contributed by atoms with van der Waals surface area (Å²) in [6.45, 7) is 1.85. The molecule has 2 aromatic carbocycles. The summed E-state index contributed by atoms with van der Waals surface area (Å²) in [6.07, 6.45) is 2.30. The second-order valence-corrected chi connectivity index (χ2v) is 6.83. The lowest BCUT2D eigenvalue weighted by Gasteiger charge is -2.23. The van der Waals surface area contributed by atoms with Crippen molar-refractivity contribution < 1.29 is 4.79 Å². The average Bonchev–Trinajstić information content (AvgIpc) is 2.70. The summed E-state index contributed by atoms with van der Waals surface area (Å²) in [4.78, 5) is 16.7. The third-order valence-electron chi connectivity index (χ3n) is 4.31. The molecule has 2 N–H and O–H groups in total. The third kappa shape index (κ3) is 5.64. The predicted octanol–water partition coefficient (Wildman–Crippen LogP) is 4.64. The molecule has 3 rings (SSSR count). The van der Waals surface area contributed by atoms with Gasteiger partial charge in [0.15, 0.2) is 0 Å². The maximum absolute atomic E-state index is 12.6. The molecule has 0 saturated carbocycles.